The predicted molar refractivity (Wildman–Crippen MR) is 145 cm³/mol. The van der Waals surface area contributed by atoms with Gasteiger partial charge in [0.05, 0.1) is 11.4 Å². The molecule has 2 fully saturated rings. The largest absolute Gasteiger partial charge is 0.444 e. The molecule has 39 heavy (non-hydrogen) atoms. The minimum atomic E-state index is -3.85. The van der Waals surface area contributed by atoms with Crippen LogP contribution in [0.5, 0.6) is 0 Å². The van der Waals surface area contributed by atoms with Crippen LogP contribution in [-0.2, 0) is 29.1 Å². The van der Waals surface area contributed by atoms with Gasteiger partial charge in [0.15, 0.2) is 0 Å². The number of likely N-dealkylation sites (tertiary alicyclic amines) is 1. The van der Waals surface area contributed by atoms with Crippen LogP contribution >= 0.6 is 0 Å². The van der Waals surface area contributed by atoms with Gasteiger partial charge in [-0.25, -0.2) is 13.2 Å². The third-order valence-corrected chi connectivity index (χ3v) is 8.37. The summed E-state index contributed by atoms with van der Waals surface area (Å²) >= 11 is 0. The molecule has 222 valence electrons. The highest BCUT2D eigenvalue weighted by Crippen LogP contribution is 2.28. The number of allylic oxidation sites excluding steroid dienone is 1. The highest BCUT2D eigenvalue weighted by Gasteiger charge is 2.46. The molecule has 0 aromatic carbocycles. The standard InChI is InChI=1S/C26H44N4O8S/c1-9-10-15(2)19(22(33)29-39(36,37)17-11-12-17)27-21(32)18-13-16(31)14-30(18)23(34)20(25(3,4)5)28-24(35)38-26(6,7)8/h9,15-20,31H,1,10-14H2,2-8H3,(H,27,32)(H,28,35)(H,29,33)/t15?,16-,18+,19-,20-/m1/s1. The molecular weight excluding hydrogens is 528 g/mol. The second kappa shape index (κ2) is 12.2. The molecule has 1 saturated heterocycles. The van der Waals surface area contributed by atoms with Gasteiger partial charge < -0.3 is 25.4 Å². The Morgan fingerprint density at radius 2 is 1.69 bits per heavy atom. The molecule has 2 rings (SSSR count). The van der Waals surface area contributed by atoms with E-state index < -0.39 is 80.3 Å². The Balaban J connectivity index is 2.26. The second-order valence-electron chi connectivity index (χ2n) is 12.5. The van der Waals surface area contributed by atoms with Crippen molar-refractivity contribution in [3.63, 3.8) is 0 Å². The quantitative estimate of drug-likeness (QED) is 0.283. The first-order chi connectivity index (χ1) is 17.8. The molecule has 12 nitrogen and oxygen atoms in total. The first-order valence-electron chi connectivity index (χ1n) is 13.2. The zero-order valence-corrected chi connectivity index (χ0v) is 24.8. The maximum Gasteiger partial charge on any atom is 0.408 e. The van der Waals surface area contributed by atoms with Gasteiger partial charge in [-0.15, -0.1) is 6.58 Å². The van der Waals surface area contributed by atoms with Gasteiger partial charge in [0.25, 0.3) is 5.91 Å². The van der Waals surface area contributed by atoms with Crippen LogP contribution in [0.1, 0.15) is 74.1 Å². The van der Waals surface area contributed by atoms with Crippen LogP contribution in [0.3, 0.4) is 0 Å². The molecule has 1 unspecified atom stereocenters. The maximum atomic E-state index is 13.7. The number of rotatable bonds is 10. The molecule has 4 amide bonds. The lowest BCUT2D eigenvalue weighted by molar-refractivity contribution is -0.143. The van der Waals surface area contributed by atoms with E-state index in [1.165, 1.54) is 4.90 Å². The van der Waals surface area contributed by atoms with E-state index in [2.05, 4.69) is 21.9 Å². The molecule has 1 saturated carbocycles. The number of alkyl carbamates (subject to hydrolysis) is 1. The van der Waals surface area contributed by atoms with E-state index in [1.54, 1.807) is 54.5 Å². The molecule has 1 aliphatic carbocycles. The first-order valence-corrected chi connectivity index (χ1v) is 14.8. The summed E-state index contributed by atoms with van der Waals surface area (Å²) in [5.74, 6) is -2.70. The monoisotopic (exact) mass is 572 g/mol. The number of amides is 4. The van der Waals surface area contributed by atoms with Crippen molar-refractivity contribution in [2.75, 3.05) is 6.54 Å². The van der Waals surface area contributed by atoms with Crippen molar-refractivity contribution < 1.29 is 37.4 Å². The SMILES string of the molecule is C=CCC(C)[C@@H](NC(=O)[C@@H]1C[C@@H](O)CN1C(=O)[C@@H](NC(=O)OC(C)(C)C)C(C)(C)C)C(=O)NS(=O)(=O)C1CC1. The normalized spacial score (nSPS) is 22.3. The second-order valence-corrected chi connectivity index (χ2v) is 14.5. The topological polar surface area (TPSA) is 171 Å². The van der Waals surface area contributed by atoms with Crippen LogP contribution < -0.4 is 15.4 Å². The van der Waals surface area contributed by atoms with E-state index in [4.69, 9.17) is 4.74 Å². The lowest BCUT2D eigenvalue weighted by atomic mass is 9.85. The third-order valence-electron chi connectivity index (χ3n) is 6.53. The number of hydrogen-bond donors (Lipinski definition) is 4. The Morgan fingerprint density at radius 1 is 1.10 bits per heavy atom. The smallest absolute Gasteiger partial charge is 0.408 e. The minimum Gasteiger partial charge on any atom is -0.444 e. The van der Waals surface area contributed by atoms with Gasteiger partial charge in [-0.1, -0.05) is 33.8 Å². The zero-order chi connectivity index (χ0) is 29.9. The van der Waals surface area contributed by atoms with Gasteiger partial charge in [-0.2, -0.15) is 0 Å². The van der Waals surface area contributed by atoms with E-state index in [-0.39, 0.29) is 13.0 Å². The Labute approximate surface area is 231 Å². The average molecular weight is 573 g/mol. The van der Waals surface area contributed by atoms with Crippen molar-refractivity contribution in [3.05, 3.63) is 12.7 Å². The molecule has 5 atom stereocenters. The van der Waals surface area contributed by atoms with Crippen molar-refractivity contribution in [1.82, 2.24) is 20.3 Å². The van der Waals surface area contributed by atoms with Gasteiger partial charge in [-0.05, 0) is 51.4 Å². The van der Waals surface area contributed by atoms with Crippen LogP contribution in [-0.4, -0.2) is 83.9 Å². The number of sulfonamides is 1. The lowest BCUT2D eigenvalue weighted by Gasteiger charge is -2.36. The van der Waals surface area contributed by atoms with Crippen molar-refractivity contribution in [3.8, 4) is 0 Å². The van der Waals surface area contributed by atoms with E-state index in [1.807, 2.05) is 0 Å². The minimum absolute atomic E-state index is 0.0918. The molecule has 1 aliphatic heterocycles. The Morgan fingerprint density at radius 3 is 2.18 bits per heavy atom. The fraction of sp³-hybridized carbons (Fsp3) is 0.769. The number of hydrogen-bond acceptors (Lipinski definition) is 8. The third kappa shape index (κ3) is 9.20. The van der Waals surface area contributed by atoms with Crippen molar-refractivity contribution in [1.29, 1.82) is 0 Å². The van der Waals surface area contributed by atoms with E-state index >= 15 is 0 Å². The fourth-order valence-electron chi connectivity index (χ4n) is 4.33. The van der Waals surface area contributed by atoms with Crippen LogP contribution in [0.15, 0.2) is 12.7 Å². The highest BCUT2D eigenvalue weighted by molar-refractivity contribution is 7.90. The van der Waals surface area contributed by atoms with E-state index in [0.717, 1.165) is 0 Å². The summed E-state index contributed by atoms with van der Waals surface area (Å²) in [6.07, 6.45) is 0.881. The number of aliphatic hydroxyl groups is 1. The Hall–Kier alpha value is -2.67. The summed E-state index contributed by atoms with van der Waals surface area (Å²) in [6.45, 7) is 15.5. The molecule has 1 heterocycles. The van der Waals surface area contributed by atoms with Gasteiger partial charge in [0.1, 0.15) is 23.7 Å². The number of carbonyl (C=O) groups is 4. The highest BCUT2D eigenvalue weighted by atomic mass is 32.2. The number of β-amino-alcohol motifs (C(OH)–C–C–N with tert-alkyl or cyclic N) is 1. The van der Waals surface area contributed by atoms with E-state index in [0.29, 0.717) is 19.3 Å². The number of carbonyl (C=O) groups excluding carboxylic acids is 4. The molecule has 4 N–H and O–H groups in total. The summed E-state index contributed by atoms with van der Waals surface area (Å²) in [6, 6.07) is -3.46. The Bertz CT molecular complexity index is 1060. The average Bonchev–Trinajstić information content (AvgIpc) is 3.55. The molecular formula is C26H44N4O8S. The first kappa shape index (κ1) is 32.5. The maximum absolute atomic E-state index is 13.7. The van der Waals surface area contributed by atoms with E-state index in [9.17, 15) is 32.7 Å². The van der Waals surface area contributed by atoms with Crippen LogP contribution in [0.2, 0.25) is 0 Å². The van der Waals surface area contributed by atoms with Crippen molar-refractivity contribution in [2.24, 2.45) is 11.3 Å². The number of ether oxygens (including phenoxy) is 1. The van der Waals surface area contributed by atoms with Crippen molar-refractivity contribution in [2.45, 2.75) is 109 Å². The lowest BCUT2D eigenvalue weighted by Crippen LogP contribution is -2.60. The Kier molecular flexibility index (Phi) is 10.2. The predicted octanol–water partition coefficient (Wildman–Crippen LogP) is 1.19. The van der Waals surface area contributed by atoms with Gasteiger partial charge >= 0.3 is 6.09 Å². The summed E-state index contributed by atoms with van der Waals surface area (Å²) in [4.78, 5) is 53.8. The summed E-state index contributed by atoms with van der Waals surface area (Å²) < 4.78 is 32.1. The summed E-state index contributed by atoms with van der Waals surface area (Å²) in [5, 5.41) is 15.0. The molecule has 13 heteroatoms. The number of nitrogens with one attached hydrogen (secondary N) is 3. The molecule has 0 bridgehead atoms. The molecule has 0 radical (unpaired) electrons. The zero-order valence-electron chi connectivity index (χ0n) is 23.9. The number of aliphatic hydroxyl groups excluding tert-OH is 1. The van der Waals surface area contributed by atoms with Gasteiger partial charge in [0, 0.05) is 13.0 Å². The van der Waals surface area contributed by atoms with Crippen LogP contribution in [0.4, 0.5) is 4.79 Å². The van der Waals surface area contributed by atoms with Crippen LogP contribution in [0, 0.1) is 11.3 Å². The summed E-state index contributed by atoms with van der Waals surface area (Å²) in [5.41, 5.74) is -1.58. The summed E-state index contributed by atoms with van der Waals surface area (Å²) in [7, 11) is -3.85. The molecule has 0 aromatic rings. The van der Waals surface area contributed by atoms with Gasteiger partial charge in [-0.3, -0.25) is 19.1 Å². The number of nitrogens with zero attached hydrogens (tertiary/aromatic N) is 1. The molecule has 2 aliphatic rings. The van der Waals surface area contributed by atoms with Crippen molar-refractivity contribution >= 4 is 33.8 Å². The molecule has 0 spiro atoms. The van der Waals surface area contributed by atoms with Gasteiger partial charge in [0.2, 0.25) is 21.8 Å². The van der Waals surface area contributed by atoms with Crippen LogP contribution in [0.25, 0.3) is 0 Å². The molecule has 0 aromatic heterocycles. The fourth-order valence-corrected chi connectivity index (χ4v) is 5.66.